The highest BCUT2D eigenvalue weighted by Crippen LogP contribution is 2.30. The van der Waals surface area contributed by atoms with Crippen LogP contribution in [0.3, 0.4) is 0 Å². The van der Waals surface area contributed by atoms with E-state index >= 15 is 0 Å². The van der Waals surface area contributed by atoms with Crippen LogP contribution in [0, 0.1) is 20.2 Å². The number of aromatic nitrogens is 1. The van der Waals surface area contributed by atoms with Gasteiger partial charge in [0, 0.05) is 18.9 Å². The van der Waals surface area contributed by atoms with Gasteiger partial charge in [-0.15, -0.1) is 31.6 Å². The Balaban J connectivity index is 1.73. The first-order valence-electron chi connectivity index (χ1n) is 8.90. The van der Waals surface area contributed by atoms with Crippen molar-refractivity contribution in [2.45, 2.75) is 12.0 Å². The molecule has 1 amide bonds. The predicted molar refractivity (Wildman–Crippen MR) is 110 cm³/mol. The summed E-state index contributed by atoms with van der Waals surface area (Å²) in [5.74, 6) is -0.994. The molecule has 2 aromatic heterocycles. The van der Waals surface area contributed by atoms with Crippen LogP contribution in [-0.4, -0.2) is 34.2 Å². The Morgan fingerprint density at radius 2 is 1.87 bits per heavy atom. The lowest BCUT2D eigenvalue weighted by Crippen LogP contribution is -2.27. The average molecular weight is 447 g/mol. The molecular weight excluding hydrogens is 430 g/mol. The highest BCUT2D eigenvalue weighted by Gasteiger charge is 2.22. The molecule has 13 heteroatoms. The zero-order valence-corrected chi connectivity index (χ0v) is 16.7. The van der Waals surface area contributed by atoms with Crippen molar-refractivity contribution in [1.82, 2.24) is 4.98 Å². The van der Waals surface area contributed by atoms with Crippen LogP contribution in [0.4, 0.5) is 5.00 Å². The summed E-state index contributed by atoms with van der Waals surface area (Å²) in [6, 6.07) is 9.73. The van der Waals surface area contributed by atoms with Gasteiger partial charge in [0.15, 0.2) is 6.10 Å². The number of hydrogen-bond acceptors (Lipinski definition) is 10. The van der Waals surface area contributed by atoms with Crippen molar-refractivity contribution in [2.24, 2.45) is 5.73 Å². The first kappa shape index (κ1) is 21.9. The van der Waals surface area contributed by atoms with Crippen LogP contribution in [0.5, 0.6) is 0 Å². The van der Waals surface area contributed by atoms with E-state index in [1.807, 2.05) is 12.1 Å². The second-order valence-corrected chi connectivity index (χ2v) is 7.39. The van der Waals surface area contributed by atoms with E-state index in [0.29, 0.717) is 10.6 Å². The molecule has 31 heavy (non-hydrogen) atoms. The maximum atomic E-state index is 12.8. The smallest absolute Gasteiger partial charge is 0.295 e. The molecule has 0 spiro atoms. The molecule has 0 radical (unpaired) electrons. The third-order valence-corrected chi connectivity index (χ3v) is 5.38. The van der Waals surface area contributed by atoms with E-state index in [1.54, 1.807) is 24.5 Å². The zero-order chi connectivity index (χ0) is 22.4. The zero-order valence-electron chi connectivity index (χ0n) is 15.9. The maximum Gasteiger partial charge on any atom is 0.295 e. The lowest BCUT2D eigenvalue weighted by molar-refractivity contribution is -0.792. The Hall–Kier alpha value is -3.84. The fraction of sp³-hybridized carbons (Fsp3) is 0.222. The summed E-state index contributed by atoms with van der Waals surface area (Å²) in [6.07, 6.45) is 2.07. The van der Waals surface area contributed by atoms with Crippen molar-refractivity contribution < 1.29 is 24.6 Å². The third-order valence-electron chi connectivity index (χ3n) is 4.38. The molecule has 162 valence electrons. The van der Waals surface area contributed by atoms with Gasteiger partial charge in [-0.1, -0.05) is 24.3 Å². The Morgan fingerprint density at radius 1 is 1.16 bits per heavy atom. The number of nitrogens with one attached hydrogen (secondary N) is 1. The number of thiophene rings is 1. The fourth-order valence-electron chi connectivity index (χ4n) is 2.91. The van der Waals surface area contributed by atoms with E-state index in [4.69, 9.17) is 5.73 Å². The van der Waals surface area contributed by atoms with Gasteiger partial charge in [-0.05, 0) is 28.6 Å². The molecule has 0 bridgehead atoms. The predicted octanol–water partition coefficient (Wildman–Crippen LogP) is 2.43. The van der Waals surface area contributed by atoms with Gasteiger partial charge in [-0.3, -0.25) is 9.78 Å². The van der Waals surface area contributed by atoms with Gasteiger partial charge in [0.1, 0.15) is 6.61 Å². The summed E-state index contributed by atoms with van der Waals surface area (Å²) < 4.78 is 0.931. The van der Waals surface area contributed by atoms with Crippen LogP contribution in [-0.2, 0) is 14.5 Å². The number of benzene rings is 1. The summed E-state index contributed by atoms with van der Waals surface area (Å²) in [4.78, 5) is 46.5. The van der Waals surface area contributed by atoms with E-state index in [9.17, 15) is 25.0 Å². The minimum Gasteiger partial charge on any atom is -0.329 e. The highest BCUT2D eigenvalue weighted by molar-refractivity contribution is 7.22. The van der Waals surface area contributed by atoms with Crippen LogP contribution < -0.4 is 11.1 Å². The van der Waals surface area contributed by atoms with Crippen LogP contribution in [0.15, 0.2) is 48.8 Å². The minimum absolute atomic E-state index is 0.0247. The molecule has 3 N–H and O–H groups in total. The molecule has 12 nitrogen and oxygen atoms in total. The second kappa shape index (κ2) is 9.77. The van der Waals surface area contributed by atoms with Crippen molar-refractivity contribution in [3.05, 3.63) is 80.1 Å². The molecule has 3 rings (SSSR count). The molecule has 0 saturated heterocycles. The summed E-state index contributed by atoms with van der Waals surface area (Å²) in [7, 11) is 0. The van der Waals surface area contributed by atoms with E-state index in [0.717, 1.165) is 10.1 Å². The van der Waals surface area contributed by atoms with E-state index in [-0.39, 0.29) is 18.0 Å². The van der Waals surface area contributed by atoms with Gasteiger partial charge >= 0.3 is 0 Å². The van der Waals surface area contributed by atoms with Gasteiger partial charge in [-0.25, -0.2) is 0 Å². The molecule has 1 aromatic carbocycles. The molecule has 2 unspecified atom stereocenters. The van der Waals surface area contributed by atoms with Crippen LogP contribution in [0.1, 0.15) is 23.1 Å². The average Bonchev–Trinajstić information content (AvgIpc) is 3.14. The first-order valence-corrected chi connectivity index (χ1v) is 9.72. The number of pyridine rings is 1. The van der Waals surface area contributed by atoms with E-state index in [2.05, 4.69) is 20.0 Å². The lowest BCUT2D eigenvalue weighted by Gasteiger charge is -2.17. The molecule has 0 aliphatic rings. The number of hydrogen-bond donors (Lipinski definition) is 2. The fourth-order valence-corrected chi connectivity index (χ4v) is 3.84. The molecule has 0 aliphatic carbocycles. The third kappa shape index (κ3) is 5.61. The number of nitrogens with two attached hydrogens (primary N) is 1. The molecule has 0 aliphatic heterocycles. The van der Waals surface area contributed by atoms with Crippen LogP contribution >= 0.6 is 11.3 Å². The van der Waals surface area contributed by atoms with Crippen molar-refractivity contribution in [2.75, 3.05) is 18.5 Å². The number of carbonyl (C=O) groups is 1. The highest BCUT2D eigenvalue weighted by atomic mass is 32.1. The van der Waals surface area contributed by atoms with Crippen LogP contribution in [0.25, 0.3) is 10.1 Å². The van der Waals surface area contributed by atoms with Crippen molar-refractivity contribution in [1.29, 1.82) is 0 Å². The van der Waals surface area contributed by atoms with Crippen molar-refractivity contribution >= 4 is 32.3 Å². The summed E-state index contributed by atoms with van der Waals surface area (Å²) >= 11 is 1.38. The monoisotopic (exact) mass is 447 g/mol. The minimum atomic E-state index is -1.30. The maximum absolute atomic E-state index is 12.8. The number of carbonyl (C=O) groups excluding carboxylic acids is 1. The molecule has 2 atom stereocenters. The Kier molecular flexibility index (Phi) is 6.89. The van der Waals surface area contributed by atoms with Gasteiger partial charge < -0.3 is 20.7 Å². The largest absolute Gasteiger partial charge is 0.329 e. The van der Waals surface area contributed by atoms with Gasteiger partial charge in [-0.2, -0.15) is 0 Å². The Labute approximate surface area is 178 Å². The summed E-state index contributed by atoms with van der Waals surface area (Å²) in [5, 5.41) is 23.4. The standard InChI is InChI=1S/C18H17N5O7S/c19-8-14(18(24)21-17-7-13-5-6-20-9-16(13)31-17)11-1-3-12(4-2-11)15(30-23(27)28)10-29-22(25)26/h1-7,9,14-15H,8,10,19H2,(H,21,24). The molecular formula is C18H17N5O7S. The normalized spacial score (nSPS) is 12.7. The van der Waals surface area contributed by atoms with Crippen molar-refractivity contribution in [3.63, 3.8) is 0 Å². The number of amides is 1. The number of rotatable bonds is 10. The second-order valence-electron chi connectivity index (χ2n) is 6.31. The summed E-state index contributed by atoms with van der Waals surface area (Å²) in [5.41, 5.74) is 6.65. The van der Waals surface area contributed by atoms with Gasteiger partial charge in [0.2, 0.25) is 5.91 Å². The van der Waals surface area contributed by atoms with Crippen molar-refractivity contribution in [3.8, 4) is 0 Å². The number of anilines is 1. The molecule has 3 aromatic rings. The lowest BCUT2D eigenvalue weighted by atomic mass is 9.96. The molecule has 0 fully saturated rings. The Morgan fingerprint density at radius 3 is 2.48 bits per heavy atom. The SMILES string of the molecule is NCC(C(=O)Nc1cc2ccncc2s1)c1ccc(C(CO[N+](=O)[O-])O[N+](=O)[O-])cc1. The van der Waals surface area contributed by atoms with E-state index < -0.39 is 28.8 Å². The van der Waals surface area contributed by atoms with Gasteiger partial charge in [0.25, 0.3) is 10.2 Å². The first-order chi connectivity index (χ1) is 14.9. The quantitative estimate of drug-likeness (QED) is 0.349. The summed E-state index contributed by atoms with van der Waals surface area (Å²) in [6.45, 7) is -0.633. The number of nitrogens with zero attached hydrogens (tertiary/aromatic N) is 3. The van der Waals surface area contributed by atoms with Gasteiger partial charge in [0.05, 0.1) is 15.6 Å². The number of fused-ring (bicyclic) bond motifs is 1. The topological polar surface area (TPSA) is 173 Å². The molecule has 2 heterocycles. The van der Waals surface area contributed by atoms with Crippen LogP contribution in [0.2, 0.25) is 0 Å². The molecule has 0 saturated carbocycles. The van der Waals surface area contributed by atoms with E-state index in [1.165, 1.54) is 23.5 Å². The Bertz CT molecular complexity index is 1060.